The van der Waals surface area contributed by atoms with Gasteiger partial charge < -0.3 is 10.2 Å². The topological polar surface area (TPSA) is 28.2 Å². The van der Waals surface area contributed by atoms with E-state index >= 15 is 0 Å². The zero-order valence-electron chi connectivity index (χ0n) is 12.2. The van der Waals surface area contributed by atoms with Crippen molar-refractivity contribution in [1.82, 2.24) is 10.3 Å². The fraction of sp³-hybridized carbons (Fsp3) is 0.312. The normalized spacial score (nSPS) is 10.6. The monoisotopic (exact) mass is 273 g/mol. The molecule has 1 aromatic carbocycles. The molecule has 0 aliphatic heterocycles. The van der Waals surface area contributed by atoms with Crippen LogP contribution >= 0.6 is 0 Å². The van der Waals surface area contributed by atoms with E-state index in [9.17, 15) is 4.39 Å². The van der Waals surface area contributed by atoms with Crippen LogP contribution in [0.2, 0.25) is 0 Å². The Balaban J connectivity index is 2.19. The SMILES string of the molecule is CNCc1cc(F)cnc1N(C)Cc1ccc(C)cc1. The van der Waals surface area contributed by atoms with Crippen LogP contribution in [0.1, 0.15) is 16.7 Å². The van der Waals surface area contributed by atoms with Crippen LogP contribution in [0, 0.1) is 12.7 Å². The van der Waals surface area contributed by atoms with E-state index in [1.807, 2.05) is 19.0 Å². The molecule has 2 rings (SSSR count). The first kappa shape index (κ1) is 14.5. The van der Waals surface area contributed by atoms with Crippen LogP contribution in [-0.4, -0.2) is 19.1 Å². The number of hydrogen-bond acceptors (Lipinski definition) is 3. The Morgan fingerprint density at radius 3 is 2.60 bits per heavy atom. The van der Waals surface area contributed by atoms with Gasteiger partial charge in [-0.1, -0.05) is 29.8 Å². The Hall–Kier alpha value is -1.94. The van der Waals surface area contributed by atoms with Gasteiger partial charge in [0.05, 0.1) is 6.20 Å². The lowest BCUT2D eigenvalue weighted by molar-refractivity contribution is 0.615. The number of anilines is 1. The minimum Gasteiger partial charge on any atom is -0.355 e. The van der Waals surface area contributed by atoms with Crippen LogP contribution < -0.4 is 10.2 Å². The van der Waals surface area contributed by atoms with E-state index in [1.54, 1.807) is 0 Å². The Morgan fingerprint density at radius 1 is 1.25 bits per heavy atom. The molecule has 0 atom stereocenters. The first-order valence-electron chi connectivity index (χ1n) is 6.66. The molecule has 106 valence electrons. The summed E-state index contributed by atoms with van der Waals surface area (Å²) in [6, 6.07) is 9.93. The van der Waals surface area contributed by atoms with E-state index in [0.29, 0.717) is 6.54 Å². The highest BCUT2D eigenvalue weighted by molar-refractivity contribution is 5.47. The molecule has 0 unspecified atom stereocenters. The minimum atomic E-state index is -0.303. The van der Waals surface area contributed by atoms with Gasteiger partial charge in [0.1, 0.15) is 11.6 Å². The molecule has 0 amide bonds. The highest BCUT2D eigenvalue weighted by atomic mass is 19.1. The third-order valence-corrected chi connectivity index (χ3v) is 3.18. The molecule has 3 nitrogen and oxygen atoms in total. The molecule has 0 saturated heterocycles. The summed E-state index contributed by atoms with van der Waals surface area (Å²) in [6.07, 6.45) is 1.26. The van der Waals surface area contributed by atoms with Crippen molar-refractivity contribution in [1.29, 1.82) is 0 Å². The van der Waals surface area contributed by atoms with Crippen molar-refractivity contribution in [3.05, 3.63) is 59.0 Å². The number of aryl methyl sites for hydroxylation is 1. The Labute approximate surface area is 119 Å². The zero-order valence-corrected chi connectivity index (χ0v) is 12.2. The Morgan fingerprint density at radius 2 is 1.95 bits per heavy atom. The maximum Gasteiger partial charge on any atom is 0.141 e. The summed E-state index contributed by atoms with van der Waals surface area (Å²) < 4.78 is 13.3. The summed E-state index contributed by atoms with van der Waals surface area (Å²) in [7, 11) is 3.81. The average molecular weight is 273 g/mol. The predicted octanol–water partition coefficient (Wildman–Crippen LogP) is 2.88. The van der Waals surface area contributed by atoms with Gasteiger partial charge in [0.25, 0.3) is 0 Å². The van der Waals surface area contributed by atoms with E-state index < -0.39 is 0 Å². The van der Waals surface area contributed by atoms with Crippen LogP contribution in [0.5, 0.6) is 0 Å². The van der Waals surface area contributed by atoms with Crippen molar-refractivity contribution >= 4 is 5.82 Å². The average Bonchev–Trinajstić information content (AvgIpc) is 2.42. The molecular formula is C16H20FN3. The second-order valence-electron chi connectivity index (χ2n) is 5.01. The smallest absolute Gasteiger partial charge is 0.141 e. The van der Waals surface area contributed by atoms with E-state index in [4.69, 9.17) is 0 Å². The maximum absolute atomic E-state index is 13.3. The number of benzene rings is 1. The number of nitrogens with zero attached hydrogens (tertiary/aromatic N) is 2. The van der Waals surface area contributed by atoms with Gasteiger partial charge in [0.15, 0.2) is 0 Å². The lowest BCUT2D eigenvalue weighted by Gasteiger charge is -2.21. The highest BCUT2D eigenvalue weighted by Gasteiger charge is 2.10. The van der Waals surface area contributed by atoms with Gasteiger partial charge in [-0.15, -0.1) is 0 Å². The molecule has 2 aromatic rings. The lowest BCUT2D eigenvalue weighted by Crippen LogP contribution is -2.21. The molecule has 20 heavy (non-hydrogen) atoms. The molecule has 0 saturated carbocycles. The summed E-state index contributed by atoms with van der Waals surface area (Å²) in [5.41, 5.74) is 3.31. The van der Waals surface area contributed by atoms with Crippen molar-refractivity contribution < 1.29 is 4.39 Å². The molecule has 1 N–H and O–H groups in total. The fourth-order valence-electron chi connectivity index (χ4n) is 2.18. The summed E-state index contributed by atoms with van der Waals surface area (Å²) in [5.74, 6) is 0.504. The molecule has 0 fully saturated rings. The molecule has 0 spiro atoms. The summed E-state index contributed by atoms with van der Waals surface area (Å²) >= 11 is 0. The van der Waals surface area contributed by atoms with Crippen LogP contribution in [-0.2, 0) is 13.1 Å². The molecule has 1 heterocycles. The summed E-state index contributed by atoms with van der Waals surface area (Å²) in [6.45, 7) is 3.41. The van der Waals surface area contributed by atoms with Crippen LogP contribution in [0.25, 0.3) is 0 Å². The molecule has 0 radical (unpaired) electrons. The van der Waals surface area contributed by atoms with Crippen molar-refractivity contribution in [3.8, 4) is 0 Å². The second kappa shape index (κ2) is 6.48. The number of halogens is 1. The largest absolute Gasteiger partial charge is 0.355 e. The fourth-order valence-corrected chi connectivity index (χ4v) is 2.18. The van der Waals surface area contributed by atoms with Gasteiger partial charge in [-0.2, -0.15) is 0 Å². The number of aromatic nitrogens is 1. The van der Waals surface area contributed by atoms with Gasteiger partial charge in [-0.05, 0) is 25.6 Å². The van der Waals surface area contributed by atoms with Crippen molar-refractivity contribution in [3.63, 3.8) is 0 Å². The third-order valence-electron chi connectivity index (χ3n) is 3.18. The van der Waals surface area contributed by atoms with Crippen molar-refractivity contribution in [2.24, 2.45) is 0 Å². The van der Waals surface area contributed by atoms with E-state index in [1.165, 1.54) is 23.4 Å². The standard InChI is InChI=1S/C16H20FN3/c1-12-4-6-13(7-5-12)11-20(3)16-14(9-18-2)8-15(17)10-19-16/h4-8,10,18H,9,11H2,1-3H3. The van der Waals surface area contributed by atoms with Gasteiger partial charge in [0.2, 0.25) is 0 Å². The second-order valence-corrected chi connectivity index (χ2v) is 5.01. The van der Waals surface area contributed by atoms with Gasteiger partial charge >= 0.3 is 0 Å². The third kappa shape index (κ3) is 3.54. The molecule has 1 aromatic heterocycles. The molecular weight excluding hydrogens is 253 g/mol. The van der Waals surface area contributed by atoms with Crippen LogP contribution in [0.3, 0.4) is 0 Å². The van der Waals surface area contributed by atoms with Gasteiger partial charge in [-0.3, -0.25) is 0 Å². The quantitative estimate of drug-likeness (QED) is 0.908. The van der Waals surface area contributed by atoms with E-state index in [2.05, 4.69) is 41.5 Å². The Bertz CT molecular complexity index is 566. The molecule has 0 aliphatic carbocycles. The predicted molar refractivity (Wildman–Crippen MR) is 80.2 cm³/mol. The van der Waals surface area contributed by atoms with E-state index in [-0.39, 0.29) is 5.82 Å². The van der Waals surface area contributed by atoms with Crippen molar-refractivity contribution in [2.75, 3.05) is 19.0 Å². The zero-order chi connectivity index (χ0) is 14.5. The first-order valence-corrected chi connectivity index (χ1v) is 6.66. The minimum absolute atomic E-state index is 0.303. The van der Waals surface area contributed by atoms with Gasteiger partial charge in [-0.25, -0.2) is 9.37 Å². The van der Waals surface area contributed by atoms with Crippen LogP contribution in [0.15, 0.2) is 36.5 Å². The lowest BCUT2D eigenvalue weighted by atomic mass is 10.1. The van der Waals surface area contributed by atoms with Crippen LogP contribution in [0.4, 0.5) is 10.2 Å². The summed E-state index contributed by atoms with van der Waals surface area (Å²) in [5, 5.41) is 3.04. The first-order chi connectivity index (χ1) is 9.60. The van der Waals surface area contributed by atoms with Gasteiger partial charge in [0, 0.05) is 25.7 Å². The Kier molecular flexibility index (Phi) is 4.69. The van der Waals surface area contributed by atoms with E-state index in [0.717, 1.165) is 17.9 Å². The molecule has 0 aliphatic rings. The number of nitrogens with one attached hydrogen (secondary N) is 1. The summed E-state index contributed by atoms with van der Waals surface area (Å²) in [4.78, 5) is 6.26. The molecule has 0 bridgehead atoms. The molecule has 4 heteroatoms. The number of hydrogen-bond donors (Lipinski definition) is 1. The number of pyridine rings is 1. The highest BCUT2D eigenvalue weighted by Crippen LogP contribution is 2.19. The maximum atomic E-state index is 13.3. The van der Waals surface area contributed by atoms with Crippen molar-refractivity contribution in [2.45, 2.75) is 20.0 Å². The number of rotatable bonds is 5.